The number of aryl methyl sites for hydroxylation is 1. The highest BCUT2D eigenvalue weighted by Gasteiger charge is 2.35. The highest BCUT2D eigenvalue weighted by Crippen LogP contribution is 2.31. The van der Waals surface area contributed by atoms with Crippen LogP contribution in [0.4, 0.5) is 4.39 Å². The molecule has 0 radical (unpaired) electrons. The minimum absolute atomic E-state index is 0.0750. The van der Waals surface area contributed by atoms with Crippen LogP contribution in [-0.2, 0) is 9.84 Å². The first-order valence-corrected chi connectivity index (χ1v) is 10.8. The Labute approximate surface area is 162 Å². The van der Waals surface area contributed by atoms with Crippen LogP contribution >= 0.6 is 0 Å². The summed E-state index contributed by atoms with van der Waals surface area (Å²) >= 11 is 0. The van der Waals surface area contributed by atoms with Crippen LogP contribution in [0, 0.1) is 12.7 Å². The normalized spacial score (nSPS) is 19.5. The van der Waals surface area contributed by atoms with Gasteiger partial charge >= 0.3 is 0 Å². The van der Waals surface area contributed by atoms with Crippen LogP contribution in [0.25, 0.3) is 5.65 Å². The number of nitrogens with zero attached hydrogens (tertiary/aromatic N) is 3. The van der Waals surface area contributed by atoms with E-state index in [0.29, 0.717) is 17.0 Å². The fourth-order valence-corrected chi connectivity index (χ4v) is 5.56. The molecule has 8 heteroatoms. The van der Waals surface area contributed by atoms with Gasteiger partial charge in [0.25, 0.3) is 5.91 Å². The molecular weight excluding hydrogens is 381 g/mol. The Morgan fingerprint density at radius 2 is 1.89 bits per heavy atom. The molecular formula is C20H20FN3O3S. The number of hydrogen-bond acceptors (Lipinski definition) is 4. The second kappa shape index (κ2) is 7.01. The SMILES string of the molecule is Cc1nc2ccccn2c1C(=O)N1CCC(c2ccccc2F)S(=O)(=O)CC1. The standard InChI is InChI=1S/C20H20FN3O3S/c1-14-19(24-10-5-4-8-18(24)22-14)20(25)23-11-9-17(28(26,27)13-12-23)15-6-2-3-7-16(15)21/h2-8,10,17H,9,11-13H2,1H3. The maximum atomic E-state index is 14.2. The highest BCUT2D eigenvalue weighted by atomic mass is 32.2. The summed E-state index contributed by atoms with van der Waals surface area (Å²) in [6.07, 6.45) is 1.92. The molecule has 1 unspecified atom stereocenters. The number of carbonyl (C=O) groups is 1. The van der Waals surface area contributed by atoms with Gasteiger partial charge in [0.2, 0.25) is 0 Å². The van der Waals surface area contributed by atoms with E-state index < -0.39 is 20.9 Å². The molecule has 2 aromatic heterocycles. The van der Waals surface area contributed by atoms with Gasteiger partial charge in [0.05, 0.1) is 16.7 Å². The Hall–Kier alpha value is -2.74. The van der Waals surface area contributed by atoms with E-state index in [2.05, 4.69) is 4.98 Å². The van der Waals surface area contributed by atoms with Gasteiger partial charge in [-0.2, -0.15) is 0 Å². The minimum Gasteiger partial charge on any atom is -0.336 e. The molecule has 1 aliphatic heterocycles. The lowest BCUT2D eigenvalue weighted by Gasteiger charge is -2.20. The maximum Gasteiger partial charge on any atom is 0.272 e. The van der Waals surface area contributed by atoms with E-state index in [1.54, 1.807) is 23.6 Å². The zero-order valence-corrected chi connectivity index (χ0v) is 16.2. The predicted molar refractivity (Wildman–Crippen MR) is 103 cm³/mol. The number of fused-ring (bicyclic) bond motifs is 1. The Bertz CT molecular complexity index is 1160. The van der Waals surface area contributed by atoms with Crippen molar-refractivity contribution in [1.82, 2.24) is 14.3 Å². The number of imidazole rings is 1. The molecule has 0 spiro atoms. The number of hydrogen-bond donors (Lipinski definition) is 0. The lowest BCUT2D eigenvalue weighted by molar-refractivity contribution is 0.0759. The van der Waals surface area contributed by atoms with Gasteiger partial charge in [-0.1, -0.05) is 24.3 Å². The molecule has 4 rings (SSSR count). The molecule has 6 nitrogen and oxygen atoms in total. The van der Waals surface area contributed by atoms with Crippen molar-refractivity contribution in [2.45, 2.75) is 18.6 Å². The van der Waals surface area contributed by atoms with Gasteiger partial charge in [0, 0.05) is 24.8 Å². The maximum absolute atomic E-state index is 14.2. The third kappa shape index (κ3) is 3.17. The fourth-order valence-electron chi connectivity index (χ4n) is 3.75. The Morgan fingerprint density at radius 1 is 1.14 bits per heavy atom. The molecule has 0 saturated carbocycles. The van der Waals surface area contributed by atoms with Gasteiger partial charge < -0.3 is 4.90 Å². The van der Waals surface area contributed by atoms with Crippen molar-refractivity contribution in [3.63, 3.8) is 0 Å². The van der Waals surface area contributed by atoms with Crippen molar-refractivity contribution in [2.24, 2.45) is 0 Å². The highest BCUT2D eigenvalue weighted by molar-refractivity contribution is 7.91. The quantitative estimate of drug-likeness (QED) is 0.662. The van der Waals surface area contributed by atoms with Crippen molar-refractivity contribution >= 4 is 21.4 Å². The van der Waals surface area contributed by atoms with Crippen molar-refractivity contribution in [3.8, 4) is 0 Å². The molecule has 3 aromatic rings. The lowest BCUT2D eigenvalue weighted by Crippen LogP contribution is -2.34. The Morgan fingerprint density at radius 3 is 2.68 bits per heavy atom. The van der Waals surface area contributed by atoms with Crippen LogP contribution < -0.4 is 0 Å². The first-order valence-electron chi connectivity index (χ1n) is 9.07. The Kier molecular flexibility index (Phi) is 4.66. The largest absolute Gasteiger partial charge is 0.336 e. The van der Waals surface area contributed by atoms with Crippen molar-refractivity contribution in [2.75, 3.05) is 18.8 Å². The van der Waals surface area contributed by atoms with Crippen LogP contribution in [0.5, 0.6) is 0 Å². The van der Waals surface area contributed by atoms with Crippen LogP contribution in [0.3, 0.4) is 0 Å². The molecule has 28 heavy (non-hydrogen) atoms. The topological polar surface area (TPSA) is 71.8 Å². The molecule has 1 amide bonds. The summed E-state index contributed by atoms with van der Waals surface area (Å²) in [5, 5.41) is -0.949. The number of pyridine rings is 1. The van der Waals surface area contributed by atoms with Gasteiger partial charge in [-0.3, -0.25) is 9.20 Å². The smallest absolute Gasteiger partial charge is 0.272 e. The zero-order valence-electron chi connectivity index (χ0n) is 15.4. The van der Waals surface area contributed by atoms with Crippen LogP contribution in [0.1, 0.15) is 33.4 Å². The first kappa shape index (κ1) is 18.6. The molecule has 0 bridgehead atoms. The van der Waals surface area contributed by atoms with Crippen LogP contribution in [-0.4, -0.2) is 47.5 Å². The van der Waals surface area contributed by atoms with Crippen molar-refractivity contribution < 1.29 is 17.6 Å². The van der Waals surface area contributed by atoms with Gasteiger partial charge in [-0.25, -0.2) is 17.8 Å². The second-order valence-corrected chi connectivity index (χ2v) is 9.24. The number of halogens is 1. The van der Waals surface area contributed by atoms with Gasteiger partial charge in [0.1, 0.15) is 17.2 Å². The number of carbonyl (C=O) groups excluding carboxylic acids is 1. The third-order valence-electron chi connectivity index (χ3n) is 5.19. The molecule has 1 saturated heterocycles. The summed E-state index contributed by atoms with van der Waals surface area (Å²) in [6, 6.07) is 11.4. The van der Waals surface area contributed by atoms with E-state index in [1.165, 1.54) is 23.1 Å². The molecule has 0 N–H and O–H groups in total. The molecule has 1 fully saturated rings. The van der Waals surface area contributed by atoms with Gasteiger partial charge in [0.15, 0.2) is 9.84 Å². The zero-order chi connectivity index (χ0) is 19.9. The molecule has 3 heterocycles. The molecule has 1 atom stereocenters. The van der Waals surface area contributed by atoms with E-state index in [-0.39, 0.29) is 36.7 Å². The summed E-state index contributed by atoms with van der Waals surface area (Å²) in [7, 11) is -3.58. The number of benzene rings is 1. The molecule has 1 aliphatic rings. The first-order chi connectivity index (χ1) is 13.4. The number of amides is 1. The molecule has 0 aliphatic carbocycles. The third-order valence-corrected chi connectivity index (χ3v) is 7.29. The average Bonchev–Trinajstić information content (AvgIpc) is 2.91. The summed E-state index contributed by atoms with van der Waals surface area (Å²) in [5.74, 6) is -0.998. The van der Waals surface area contributed by atoms with Crippen molar-refractivity contribution in [3.05, 3.63) is 71.4 Å². The van der Waals surface area contributed by atoms with E-state index in [1.807, 2.05) is 18.2 Å². The fraction of sp³-hybridized carbons (Fsp3) is 0.300. The van der Waals surface area contributed by atoms with Crippen LogP contribution in [0.2, 0.25) is 0 Å². The lowest BCUT2D eigenvalue weighted by atomic mass is 10.1. The van der Waals surface area contributed by atoms with Crippen molar-refractivity contribution in [1.29, 1.82) is 0 Å². The Balaban J connectivity index is 1.66. The van der Waals surface area contributed by atoms with Gasteiger partial charge in [-0.15, -0.1) is 0 Å². The monoisotopic (exact) mass is 401 g/mol. The van der Waals surface area contributed by atoms with E-state index in [0.717, 1.165) is 0 Å². The number of sulfone groups is 1. The molecule has 1 aromatic carbocycles. The summed E-state index contributed by atoms with van der Waals surface area (Å²) in [5.41, 5.74) is 1.85. The number of aromatic nitrogens is 2. The summed E-state index contributed by atoms with van der Waals surface area (Å²) in [6.45, 7) is 2.07. The van der Waals surface area contributed by atoms with E-state index >= 15 is 0 Å². The second-order valence-electron chi connectivity index (χ2n) is 6.93. The van der Waals surface area contributed by atoms with Crippen LogP contribution in [0.15, 0.2) is 48.7 Å². The van der Waals surface area contributed by atoms with Gasteiger partial charge in [-0.05, 0) is 31.5 Å². The average molecular weight is 401 g/mol. The van der Waals surface area contributed by atoms with E-state index in [9.17, 15) is 17.6 Å². The summed E-state index contributed by atoms with van der Waals surface area (Å²) in [4.78, 5) is 19.1. The minimum atomic E-state index is -3.58. The molecule has 146 valence electrons. The predicted octanol–water partition coefficient (Wildman–Crippen LogP) is 2.78. The van der Waals surface area contributed by atoms with E-state index in [4.69, 9.17) is 0 Å². The summed E-state index contributed by atoms with van der Waals surface area (Å²) < 4.78 is 41.4. The number of rotatable bonds is 2.